The van der Waals surface area contributed by atoms with E-state index in [0.717, 1.165) is 19.4 Å². The predicted octanol–water partition coefficient (Wildman–Crippen LogP) is 0.410. The van der Waals surface area contributed by atoms with Crippen LogP contribution in [0.1, 0.15) is 36.2 Å². The van der Waals surface area contributed by atoms with Crippen molar-refractivity contribution in [1.29, 1.82) is 0 Å². The second-order valence-electron chi connectivity index (χ2n) is 4.37. The van der Waals surface area contributed by atoms with Gasteiger partial charge in [-0.1, -0.05) is 0 Å². The summed E-state index contributed by atoms with van der Waals surface area (Å²) in [4.78, 5) is 14.0. The molecule has 2 heterocycles. The highest BCUT2D eigenvalue weighted by atomic mass is 16.1. The number of hydrogen-bond acceptors (Lipinski definition) is 4. The summed E-state index contributed by atoms with van der Waals surface area (Å²) in [5.41, 5.74) is 0.351. The first kappa shape index (κ1) is 12.0. The summed E-state index contributed by atoms with van der Waals surface area (Å²) >= 11 is 0. The Labute approximate surface area is 101 Å². The van der Waals surface area contributed by atoms with E-state index in [0.29, 0.717) is 12.2 Å². The second kappa shape index (κ2) is 6.34. The standard InChI is InChI=1S/C11H19N5O/c17-11(10-9-13-15-14-10)12-5-1-2-6-16-7-3-4-8-16/h9H,1-8H2,(H,12,17)(H,13,14,15). The van der Waals surface area contributed by atoms with E-state index >= 15 is 0 Å². The maximum atomic E-state index is 11.5. The first-order valence-electron chi connectivity index (χ1n) is 6.22. The number of nitrogens with one attached hydrogen (secondary N) is 2. The van der Waals surface area contributed by atoms with Gasteiger partial charge in [0.1, 0.15) is 0 Å². The summed E-state index contributed by atoms with van der Waals surface area (Å²) in [5.74, 6) is -0.153. The van der Waals surface area contributed by atoms with E-state index in [9.17, 15) is 4.79 Å². The van der Waals surface area contributed by atoms with Crippen LogP contribution in [0.5, 0.6) is 0 Å². The molecular formula is C11H19N5O. The molecule has 0 saturated carbocycles. The number of carbonyl (C=O) groups is 1. The van der Waals surface area contributed by atoms with E-state index in [-0.39, 0.29) is 5.91 Å². The van der Waals surface area contributed by atoms with Gasteiger partial charge in [-0.3, -0.25) is 4.79 Å². The molecule has 2 rings (SSSR count). The van der Waals surface area contributed by atoms with Crippen LogP contribution in [0, 0.1) is 0 Å². The molecule has 6 nitrogen and oxygen atoms in total. The Kier molecular flexibility index (Phi) is 4.49. The van der Waals surface area contributed by atoms with Crippen molar-refractivity contribution in [2.24, 2.45) is 0 Å². The third kappa shape index (κ3) is 3.81. The van der Waals surface area contributed by atoms with Gasteiger partial charge < -0.3 is 10.2 Å². The van der Waals surface area contributed by atoms with Gasteiger partial charge in [-0.05, 0) is 45.3 Å². The molecule has 0 spiro atoms. The average molecular weight is 237 g/mol. The Bertz CT molecular complexity index is 332. The van der Waals surface area contributed by atoms with Crippen LogP contribution in [0.25, 0.3) is 0 Å². The number of rotatable bonds is 6. The Morgan fingerprint density at radius 1 is 1.41 bits per heavy atom. The highest BCUT2D eigenvalue weighted by Crippen LogP contribution is 2.07. The number of aromatic nitrogens is 3. The largest absolute Gasteiger partial charge is 0.351 e. The number of aromatic amines is 1. The van der Waals surface area contributed by atoms with Gasteiger partial charge >= 0.3 is 0 Å². The Hall–Kier alpha value is -1.43. The molecule has 0 unspecified atom stereocenters. The molecule has 1 saturated heterocycles. The Balaban J connectivity index is 1.52. The SMILES string of the molecule is O=C(NCCCCN1CCCC1)c1cn[nH]n1. The lowest BCUT2D eigenvalue weighted by molar-refractivity contribution is 0.0947. The summed E-state index contributed by atoms with van der Waals surface area (Å²) in [7, 11) is 0. The van der Waals surface area contributed by atoms with Crippen molar-refractivity contribution < 1.29 is 4.79 Å². The molecule has 94 valence electrons. The minimum absolute atomic E-state index is 0.153. The molecule has 0 bridgehead atoms. The number of H-pyrrole nitrogens is 1. The lowest BCUT2D eigenvalue weighted by Gasteiger charge is -2.13. The lowest BCUT2D eigenvalue weighted by atomic mass is 10.3. The van der Waals surface area contributed by atoms with Crippen molar-refractivity contribution in [1.82, 2.24) is 25.6 Å². The van der Waals surface area contributed by atoms with Gasteiger partial charge in [0.05, 0.1) is 6.20 Å². The van der Waals surface area contributed by atoms with Crippen molar-refractivity contribution >= 4 is 5.91 Å². The van der Waals surface area contributed by atoms with E-state index in [1.54, 1.807) is 0 Å². The minimum atomic E-state index is -0.153. The molecule has 0 atom stereocenters. The number of carbonyl (C=O) groups excluding carboxylic acids is 1. The van der Waals surface area contributed by atoms with E-state index in [2.05, 4.69) is 25.6 Å². The topological polar surface area (TPSA) is 73.9 Å². The Morgan fingerprint density at radius 2 is 2.24 bits per heavy atom. The van der Waals surface area contributed by atoms with Crippen molar-refractivity contribution in [3.8, 4) is 0 Å². The van der Waals surface area contributed by atoms with Crippen molar-refractivity contribution in [3.05, 3.63) is 11.9 Å². The van der Waals surface area contributed by atoms with Crippen LogP contribution in [-0.2, 0) is 0 Å². The summed E-state index contributed by atoms with van der Waals surface area (Å²) in [5, 5.41) is 12.6. The monoisotopic (exact) mass is 237 g/mol. The fourth-order valence-electron chi connectivity index (χ4n) is 2.07. The van der Waals surface area contributed by atoms with Gasteiger partial charge in [-0.25, -0.2) is 0 Å². The minimum Gasteiger partial charge on any atom is -0.351 e. The summed E-state index contributed by atoms with van der Waals surface area (Å²) in [6.45, 7) is 4.34. The van der Waals surface area contributed by atoms with E-state index < -0.39 is 0 Å². The van der Waals surface area contributed by atoms with Crippen LogP contribution in [0.3, 0.4) is 0 Å². The summed E-state index contributed by atoms with van der Waals surface area (Å²) in [6.07, 6.45) is 6.25. The molecule has 6 heteroatoms. The molecule has 1 aliphatic rings. The van der Waals surface area contributed by atoms with Crippen LogP contribution in [0.15, 0.2) is 6.20 Å². The number of amides is 1. The molecule has 1 aromatic rings. The molecule has 0 aromatic carbocycles. The maximum absolute atomic E-state index is 11.5. The molecule has 0 aliphatic carbocycles. The third-order valence-electron chi connectivity index (χ3n) is 3.03. The van der Waals surface area contributed by atoms with Gasteiger partial charge in [0.15, 0.2) is 5.69 Å². The van der Waals surface area contributed by atoms with Gasteiger partial charge in [-0.15, -0.1) is 0 Å². The molecule has 2 N–H and O–H groups in total. The fourth-order valence-corrected chi connectivity index (χ4v) is 2.07. The zero-order valence-corrected chi connectivity index (χ0v) is 9.98. The Morgan fingerprint density at radius 3 is 2.94 bits per heavy atom. The molecule has 17 heavy (non-hydrogen) atoms. The molecule has 1 aliphatic heterocycles. The first-order chi connectivity index (χ1) is 8.36. The summed E-state index contributed by atoms with van der Waals surface area (Å²) in [6, 6.07) is 0. The molecule has 1 amide bonds. The van der Waals surface area contributed by atoms with Gasteiger partial charge in [-0.2, -0.15) is 15.4 Å². The third-order valence-corrected chi connectivity index (χ3v) is 3.03. The molecule has 0 radical (unpaired) electrons. The summed E-state index contributed by atoms with van der Waals surface area (Å²) < 4.78 is 0. The van der Waals surface area contributed by atoms with E-state index in [1.165, 1.54) is 32.1 Å². The fraction of sp³-hybridized carbons (Fsp3) is 0.727. The van der Waals surface area contributed by atoms with E-state index in [1.807, 2.05) is 0 Å². The lowest BCUT2D eigenvalue weighted by Crippen LogP contribution is -2.26. The van der Waals surface area contributed by atoms with Crippen LogP contribution in [0.2, 0.25) is 0 Å². The van der Waals surface area contributed by atoms with Gasteiger partial charge in [0.25, 0.3) is 5.91 Å². The average Bonchev–Trinajstić information content (AvgIpc) is 3.01. The highest BCUT2D eigenvalue weighted by Gasteiger charge is 2.10. The van der Waals surface area contributed by atoms with Crippen molar-refractivity contribution in [2.75, 3.05) is 26.2 Å². The molecule has 1 aromatic heterocycles. The number of nitrogens with zero attached hydrogens (tertiary/aromatic N) is 3. The van der Waals surface area contributed by atoms with Gasteiger partial charge in [0.2, 0.25) is 0 Å². The van der Waals surface area contributed by atoms with Crippen LogP contribution in [0.4, 0.5) is 0 Å². The highest BCUT2D eigenvalue weighted by molar-refractivity contribution is 5.91. The van der Waals surface area contributed by atoms with Crippen molar-refractivity contribution in [2.45, 2.75) is 25.7 Å². The van der Waals surface area contributed by atoms with Crippen LogP contribution < -0.4 is 5.32 Å². The van der Waals surface area contributed by atoms with Gasteiger partial charge in [0, 0.05) is 6.54 Å². The molecular weight excluding hydrogens is 218 g/mol. The molecule has 1 fully saturated rings. The zero-order valence-electron chi connectivity index (χ0n) is 9.98. The number of hydrogen-bond donors (Lipinski definition) is 2. The quantitative estimate of drug-likeness (QED) is 0.703. The predicted molar refractivity (Wildman–Crippen MR) is 63.6 cm³/mol. The number of likely N-dealkylation sites (tertiary alicyclic amines) is 1. The zero-order chi connectivity index (χ0) is 11.9. The number of unbranched alkanes of at least 4 members (excludes halogenated alkanes) is 1. The van der Waals surface area contributed by atoms with E-state index in [4.69, 9.17) is 0 Å². The van der Waals surface area contributed by atoms with Crippen LogP contribution in [-0.4, -0.2) is 52.4 Å². The van der Waals surface area contributed by atoms with Crippen molar-refractivity contribution in [3.63, 3.8) is 0 Å². The normalized spacial score (nSPS) is 16.2. The first-order valence-corrected chi connectivity index (χ1v) is 6.22. The maximum Gasteiger partial charge on any atom is 0.273 e. The second-order valence-corrected chi connectivity index (χ2v) is 4.37. The smallest absolute Gasteiger partial charge is 0.273 e. The van der Waals surface area contributed by atoms with Crippen LogP contribution >= 0.6 is 0 Å².